The molecular weight excluding hydrogens is 202 g/mol. The number of terminal acetylenes is 1. The lowest BCUT2D eigenvalue weighted by molar-refractivity contribution is 0.0356. The fourth-order valence-electron chi connectivity index (χ4n) is 1.34. The van der Waals surface area contributed by atoms with Crippen molar-refractivity contribution in [2.24, 2.45) is 0 Å². The zero-order chi connectivity index (χ0) is 12.1. The highest BCUT2D eigenvalue weighted by Gasteiger charge is 2.02. The van der Waals surface area contributed by atoms with Gasteiger partial charge in [-0.25, -0.2) is 0 Å². The largest absolute Gasteiger partial charge is 0.389 e. The van der Waals surface area contributed by atoms with Crippen molar-refractivity contribution < 1.29 is 9.84 Å². The van der Waals surface area contributed by atoms with Crippen molar-refractivity contribution in [1.82, 2.24) is 5.32 Å². The van der Waals surface area contributed by atoms with Crippen molar-refractivity contribution in [3.8, 4) is 12.3 Å². The zero-order valence-corrected chi connectivity index (χ0v) is 10.4. The quantitative estimate of drug-likeness (QED) is 0.416. The van der Waals surface area contributed by atoms with E-state index in [9.17, 15) is 5.11 Å². The van der Waals surface area contributed by atoms with Crippen molar-refractivity contribution in [3.05, 3.63) is 0 Å². The first-order valence-corrected chi connectivity index (χ1v) is 6.21. The highest BCUT2D eigenvalue weighted by Crippen LogP contribution is 1.99. The minimum absolute atomic E-state index is 0.412. The molecule has 0 aliphatic rings. The molecule has 0 aromatic rings. The standard InChI is InChI=1S/C13H25NO2/c1-3-5-7-8-10-16-12-13(15)11-14-9-6-4-2/h2,13-15H,3,5-12H2,1H3. The molecule has 0 radical (unpaired) electrons. The van der Waals surface area contributed by atoms with Crippen molar-refractivity contribution in [2.45, 2.75) is 45.1 Å². The van der Waals surface area contributed by atoms with E-state index in [4.69, 9.17) is 11.2 Å². The van der Waals surface area contributed by atoms with Gasteiger partial charge in [-0.15, -0.1) is 12.3 Å². The molecule has 2 N–H and O–H groups in total. The van der Waals surface area contributed by atoms with Gasteiger partial charge in [0.25, 0.3) is 0 Å². The Kier molecular flexibility index (Phi) is 12.1. The van der Waals surface area contributed by atoms with Gasteiger partial charge in [0, 0.05) is 26.1 Å². The molecular formula is C13H25NO2. The zero-order valence-electron chi connectivity index (χ0n) is 10.4. The lowest BCUT2D eigenvalue weighted by Gasteiger charge is -2.11. The molecule has 0 amide bonds. The molecule has 0 saturated carbocycles. The Morgan fingerprint density at radius 3 is 2.88 bits per heavy atom. The van der Waals surface area contributed by atoms with Crippen molar-refractivity contribution in [1.29, 1.82) is 0 Å². The number of hydrogen-bond donors (Lipinski definition) is 2. The summed E-state index contributed by atoms with van der Waals surface area (Å²) in [6, 6.07) is 0. The number of rotatable bonds is 11. The lowest BCUT2D eigenvalue weighted by atomic mass is 10.2. The average molecular weight is 227 g/mol. The van der Waals surface area contributed by atoms with Gasteiger partial charge >= 0.3 is 0 Å². The van der Waals surface area contributed by atoms with Gasteiger partial charge in [-0.05, 0) is 6.42 Å². The molecule has 0 aromatic carbocycles. The van der Waals surface area contributed by atoms with Crippen molar-refractivity contribution in [3.63, 3.8) is 0 Å². The maximum Gasteiger partial charge on any atom is 0.0897 e. The third-order valence-electron chi connectivity index (χ3n) is 2.28. The number of aliphatic hydroxyl groups excluding tert-OH is 1. The molecule has 0 bridgehead atoms. The van der Waals surface area contributed by atoms with Gasteiger partial charge in [0.2, 0.25) is 0 Å². The summed E-state index contributed by atoms with van der Waals surface area (Å²) >= 11 is 0. The topological polar surface area (TPSA) is 41.5 Å². The van der Waals surface area contributed by atoms with Crippen LogP contribution in [0.2, 0.25) is 0 Å². The van der Waals surface area contributed by atoms with Gasteiger partial charge in [0.05, 0.1) is 12.7 Å². The summed E-state index contributed by atoms with van der Waals surface area (Å²) in [7, 11) is 0. The SMILES string of the molecule is C#CCCNCC(O)COCCCCCC. The van der Waals surface area contributed by atoms with Gasteiger partial charge in [0.15, 0.2) is 0 Å². The van der Waals surface area contributed by atoms with Crippen molar-refractivity contribution in [2.75, 3.05) is 26.3 Å². The van der Waals surface area contributed by atoms with Gasteiger partial charge in [0.1, 0.15) is 0 Å². The second kappa shape index (κ2) is 12.5. The summed E-state index contributed by atoms with van der Waals surface area (Å²) in [6.45, 7) is 4.66. The molecule has 0 fully saturated rings. The first-order chi connectivity index (χ1) is 7.81. The first-order valence-electron chi connectivity index (χ1n) is 6.21. The maximum absolute atomic E-state index is 9.51. The van der Waals surface area contributed by atoms with E-state index in [1.54, 1.807) is 0 Å². The molecule has 16 heavy (non-hydrogen) atoms. The fraction of sp³-hybridized carbons (Fsp3) is 0.846. The van der Waals surface area contributed by atoms with Crippen LogP contribution in [-0.2, 0) is 4.74 Å². The third kappa shape index (κ3) is 11.5. The molecule has 0 aromatic heterocycles. The minimum atomic E-state index is -0.427. The van der Waals surface area contributed by atoms with Gasteiger partial charge in [-0.3, -0.25) is 0 Å². The Morgan fingerprint density at radius 1 is 1.38 bits per heavy atom. The molecule has 0 aliphatic carbocycles. The summed E-state index contributed by atoms with van der Waals surface area (Å²) in [5, 5.41) is 12.6. The number of aliphatic hydroxyl groups is 1. The van der Waals surface area contributed by atoms with E-state index in [0.29, 0.717) is 19.6 Å². The Bertz CT molecular complexity index is 177. The van der Waals surface area contributed by atoms with Crippen LogP contribution in [0.1, 0.15) is 39.0 Å². The van der Waals surface area contributed by atoms with Crippen LogP contribution in [-0.4, -0.2) is 37.5 Å². The highest BCUT2D eigenvalue weighted by atomic mass is 16.5. The molecule has 3 nitrogen and oxygen atoms in total. The second-order valence-corrected chi connectivity index (χ2v) is 3.95. The lowest BCUT2D eigenvalue weighted by Crippen LogP contribution is -2.31. The van der Waals surface area contributed by atoms with Crippen LogP contribution in [0.5, 0.6) is 0 Å². The summed E-state index contributed by atoms with van der Waals surface area (Å²) in [6.07, 6.45) is 10.2. The Labute approximate surface area is 99.6 Å². The Balaban J connectivity index is 3.11. The number of hydrogen-bond acceptors (Lipinski definition) is 3. The van der Waals surface area contributed by atoms with Crippen LogP contribution >= 0.6 is 0 Å². The number of unbranched alkanes of at least 4 members (excludes halogenated alkanes) is 3. The van der Waals surface area contributed by atoms with E-state index in [0.717, 1.165) is 19.6 Å². The molecule has 3 heteroatoms. The van der Waals surface area contributed by atoms with Crippen LogP contribution in [0.15, 0.2) is 0 Å². The predicted octanol–water partition coefficient (Wildman–Crippen LogP) is 1.56. The van der Waals surface area contributed by atoms with E-state index in [1.165, 1.54) is 19.3 Å². The van der Waals surface area contributed by atoms with E-state index < -0.39 is 6.10 Å². The molecule has 0 aliphatic heterocycles. The van der Waals surface area contributed by atoms with Crippen LogP contribution in [0.25, 0.3) is 0 Å². The monoisotopic (exact) mass is 227 g/mol. The summed E-state index contributed by atoms with van der Waals surface area (Å²) in [4.78, 5) is 0. The fourth-order valence-corrected chi connectivity index (χ4v) is 1.34. The molecule has 1 atom stereocenters. The van der Waals surface area contributed by atoms with Crippen LogP contribution < -0.4 is 5.32 Å². The molecule has 94 valence electrons. The molecule has 0 spiro atoms. The van der Waals surface area contributed by atoms with Gasteiger partial charge < -0.3 is 15.2 Å². The Morgan fingerprint density at radius 2 is 2.19 bits per heavy atom. The minimum Gasteiger partial charge on any atom is -0.389 e. The molecule has 1 unspecified atom stereocenters. The predicted molar refractivity (Wildman–Crippen MR) is 67.3 cm³/mol. The van der Waals surface area contributed by atoms with Gasteiger partial charge in [-0.2, -0.15) is 0 Å². The van der Waals surface area contributed by atoms with E-state index in [-0.39, 0.29) is 0 Å². The van der Waals surface area contributed by atoms with Crippen LogP contribution in [0.3, 0.4) is 0 Å². The summed E-state index contributed by atoms with van der Waals surface area (Å²) in [5.74, 6) is 2.54. The Hall–Kier alpha value is -0.560. The third-order valence-corrected chi connectivity index (χ3v) is 2.28. The van der Waals surface area contributed by atoms with E-state index in [1.807, 2.05) is 0 Å². The van der Waals surface area contributed by atoms with Gasteiger partial charge in [-0.1, -0.05) is 26.2 Å². The summed E-state index contributed by atoms with van der Waals surface area (Å²) in [5.41, 5.74) is 0. The van der Waals surface area contributed by atoms with Crippen molar-refractivity contribution >= 4 is 0 Å². The molecule has 0 heterocycles. The van der Waals surface area contributed by atoms with Crippen LogP contribution in [0, 0.1) is 12.3 Å². The van der Waals surface area contributed by atoms with E-state index in [2.05, 4.69) is 18.2 Å². The number of ether oxygens (including phenoxy) is 1. The smallest absolute Gasteiger partial charge is 0.0897 e. The second-order valence-electron chi connectivity index (χ2n) is 3.95. The number of nitrogens with one attached hydrogen (secondary N) is 1. The normalized spacial score (nSPS) is 12.3. The first kappa shape index (κ1) is 15.4. The highest BCUT2D eigenvalue weighted by molar-refractivity contribution is 4.84. The van der Waals surface area contributed by atoms with Crippen LogP contribution in [0.4, 0.5) is 0 Å². The summed E-state index contributed by atoms with van der Waals surface area (Å²) < 4.78 is 5.37. The maximum atomic E-state index is 9.51. The average Bonchev–Trinajstić information content (AvgIpc) is 2.29. The molecule has 0 saturated heterocycles. The molecule has 0 rings (SSSR count). The van der Waals surface area contributed by atoms with E-state index >= 15 is 0 Å².